The fourth-order valence-corrected chi connectivity index (χ4v) is 4.20. The second kappa shape index (κ2) is 9.68. The number of aliphatic imine (C=N–C) groups is 1. The molecule has 0 atom stereocenters. The minimum atomic E-state index is -0.0628. The maximum atomic E-state index is 12.4. The lowest BCUT2D eigenvalue weighted by Gasteiger charge is -2.19. The van der Waals surface area contributed by atoms with Crippen LogP contribution >= 0.6 is 0 Å². The summed E-state index contributed by atoms with van der Waals surface area (Å²) in [5.74, 6) is 1.14. The van der Waals surface area contributed by atoms with Gasteiger partial charge in [-0.3, -0.25) is 4.79 Å². The zero-order valence-electron chi connectivity index (χ0n) is 20.6. The fourth-order valence-electron chi connectivity index (χ4n) is 4.20. The van der Waals surface area contributed by atoms with Crippen LogP contribution in [0.4, 0.5) is 11.4 Å². The van der Waals surface area contributed by atoms with Gasteiger partial charge >= 0.3 is 0 Å². The maximum absolute atomic E-state index is 12.4. The Balaban J connectivity index is 1.60. The topological polar surface area (TPSA) is 114 Å². The highest BCUT2D eigenvalue weighted by atomic mass is 16.7. The molecule has 1 aromatic heterocycles. The Hall–Kier alpha value is -4.81. The summed E-state index contributed by atoms with van der Waals surface area (Å²) in [6.45, 7) is 0.445. The molecular formula is C28H25N5O4. The number of nitriles is 1. The number of amides is 1. The molecule has 0 unspecified atom stereocenters. The average Bonchev–Trinajstić information content (AvgIpc) is 3.49. The standard InChI is InChI=1S/C28H25N5O4/c1-32(2)15-25(34)33(3)20-8-6-19(7-9-20)30-27(18-5-11-23-24(13-18)37-16-36-23)26-21-10-4-17(14-29)12-22(21)31-28(26)35/h4-13,31,35H,15-16H2,1-3H3. The van der Waals surface area contributed by atoms with Gasteiger partial charge in [-0.1, -0.05) is 6.07 Å². The molecule has 5 rings (SSSR count). The number of benzene rings is 3. The van der Waals surface area contributed by atoms with Crippen molar-refractivity contribution in [3.05, 3.63) is 77.4 Å². The first-order valence-corrected chi connectivity index (χ1v) is 11.6. The summed E-state index contributed by atoms with van der Waals surface area (Å²) in [7, 11) is 5.44. The first kappa shape index (κ1) is 23.9. The van der Waals surface area contributed by atoms with E-state index in [9.17, 15) is 15.2 Å². The van der Waals surface area contributed by atoms with Crippen LogP contribution in [0, 0.1) is 11.3 Å². The first-order chi connectivity index (χ1) is 17.8. The lowest BCUT2D eigenvalue weighted by atomic mass is 9.99. The van der Waals surface area contributed by atoms with Gasteiger partial charge < -0.3 is 29.4 Å². The van der Waals surface area contributed by atoms with E-state index >= 15 is 0 Å². The number of aromatic nitrogens is 1. The third-order valence-corrected chi connectivity index (χ3v) is 6.09. The number of aromatic amines is 1. The van der Waals surface area contributed by atoms with Crippen LogP contribution in [0.25, 0.3) is 10.9 Å². The van der Waals surface area contributed by atoms with Gasteiger partial charge in [0.25, 0.3) is 0 Å². The van der Waals surface area contributed by atoms with Crippen LogP contribution in [0.1, 0.15) is 16.7 Å². The van der Waals surface area contributed by atoms with Gasteiger partial charge in [-0.2, -0.15) is 5.26 Å². The molecule has 37 heavy (non-hydrogen) atoms. The molecule has 0 radical (unpaired) electrons. The minimum Gasteiger partial charge on any atom is -0.494 e. The Kier molecular flexibility index (Phi) is 6.26. The molecule has 4 aromatic rings. The van der Waals surface area contributed by atoms with Crippen LogP contribution in [0.15, 0.2) is 65.7 Å². The summed E-state index contributed by atoms with van der Waals surface area (Å²) in [5.41, 5.74) is 4.20. The van der Waals surface area contributed by atoms with E-state index in [2.05, 4.69) is 11.1 Å². The van der Waals surface area contributed by atoms with E-state index in [4.69, 9.17) is 14.5 Å². The molecule has 0 aliphatic carbocycles. The molecule has 0 bridgehead atoms. The molecule has 0 spiro atoms. The number of fused-ring (bicyclic) bond motifs is 2. The fraction of sp³-hybridized carbons (Fsp3) is 0.179. The molecule has 0 fully saturated rings. The summed E-state index contributed by atoms with van der Waals surface area (Å²) in [6, 6.07) is 20.1. The van der Waals surface area contributed by atoms with Crippen LogP contribution in [-0.2, 0) is 4.79 Å². The number of rotatable bonds is 6. The lowest BCUT2D eigenvalue weighted by Crippen LogP contribution is -2.34. The summed E-state index contributed by atoms with van der Waals surface area (Å²) in [4.78, 5) is 23.7. The highest BCUT2D eigenvalue weighted by Crippen LogP contribution is 2.37. The number of carbonyl (C=O) groups excluding carboxylic acids is 1. The van der Waals surface area contributed by atoms with Crippen molar-refractivity contribution in [2.45, 2.75) is 0 Å². The van der Waals surface area contributed by atoms with Crippen LogP contribution in [-0.4, -0.2) is 61.1 Å². The molecule has 0 saturated heterocycles. The van der Waals surface area contributed by atoms with Crippen LogP contribution in [0.5, 0.6) is 17.4 Å². The third-order valence-electron chi connectivity index (χ3n) is 6.09. The molecule has 9 nitrogen and oxygen atoms in total. The summed E-state index contributed by atoms with van der Waals surface area (Å²) in [6.07, 6.45) is 0. The van der Waals surface area contributed by atoms with E-state index in [-0.39, 0.29) is 18.6 Å². The van der Waals surface area contributed by atoms with Gasteiger partial charge in [-0.05, 0) is 68.7 Å². The van der Waals surface area contributed by atoms with Crippen molar-refractivity contribution >= 4 is 33.9 Å². The number of anilines is 1. The number of carbonyl (C=O) groups is 1. The van der Waals surface area contributed by atoms with E-state index in [0.29, 0.717) is 51.6 Å². The average molecular weight is 496 g/mol. The van der Waals surface area contributed by atoms with Crippen LogP contribution in [0.2, 0.25) is 0 Å². The van der Waals surface area contributed by atoms with Crippen molar-refractivity contribution in [3.8, 4) is 23.4 Å². The molecule has 3 aromatic carbocycles. The van der Waals surface area contributed by atoms with Crippen molar-refractivity contribution in [2.75, 3.05) is 39.4 Å². The third kappa shape index (κ3) is 4.70. The van der Waals surface area contributed by atoms with E-state index < -0.39 is 0 Å². The normalized spacial score (nSPS) is 12.7. The van der Waals surface area contributed by atoms with Gasteiger partial charge in [0.2, 0.25) is 12.7 Å². The Morgan fingerprint density at radius 1 is 1.05 bits per heavy atom. The van der Waals surface area contributed by atoms with E-state index in [1.54, 1.807) is 36.2 Å². The van der Waals surface area contributed by atoms with Crippen LogP contribution < -0.4 is 14.4 Å². The second-order valence-electron chi connectivity index (χ2n) is 8.96. The number of nitrogens with one attached hydrogen (secondary N) is 1. The van der Waals surface area contributed by atoms with Crippen molar-refractivity contribution in [1.29, 1.82) is 5.26 Å². The summed E-state index contributed by atoms with van der Waals surface area (Å²) >= 11 is 0. The quantitative estimate of drug-likeness (QED) is 0.388. The predicted octanol–water partition coefficient (Wildman–Crippen LogP) is 4.17. The molecule has 2 heterocycles. The predicted molar refractivity (Wildman–Crippen MR) is 141 cm³/mol. The number of likely N-dealkylation sites (N-methyl/N-ethyl adjacent to an activating group) is 2. The number of aromatic hydroxyl groups is 1. The summed E-state index contributed by atoms with van der Waals surface area (Å²) in [5, 5.41) is 20.9. The van der Waals surface area contributed by atoms with Gasteiger partial charge in [0.1, 0.15) is 0 Å². The Labute approximate surface area is 213 Å². The monoisotopic (exact) mass is 495 g/mol. The highest BCUT2D eigenvalue weighted by Gasteiger charge is 2.22. The Bertz CT molecular complexity index is 1560. The number of hydrogen-bond donors (Lipinski definition) is 2. The Morgan fingerprint density at radius 2 is 1.81 bits per heavy atom. The zero-order chi connectivity index (χ0) is 26.1. The van der Waals surface area contributed by atoms with Crippen molar-refractivity contribution in [1.82, 2.24) is 9.88 Å². The number of nitrogens with zero attached hydrogens (tertiary/aromatic N) is 4. The van der Waals surface area contributed by atoms with E-state index in [1.165, 1.54) is 0 Å². The molecular weight excluding hydrogens is 470 g/mol. The smallest absolute Gasteiger partial charge is 0.240 e. The van der Waals surface area contributed by atoms with Crippen LogP contribution in [0.3, 0.4) is 0 Å². The molecule has 1 aliphatic heterocycles. The highest BCUT2D eigenvalue weighted by molar-refractivity contribution is 6.22. The van der Waals surface area contributed by atoms with Gasteiger partial charge in [-0.15, -0.1) is 0 Å². The van der Waals surface area contributed by atoms with E-state index in [0.717, 1.165) is 11.1 Å². The van der Waals surface area contributed by atoms with Gasteiger partial charge in [-0.25, -0.2) is 4.99 Å². The van der Waals surface area contributed by atoms with Crippen molar-refractivity contribution in [2.24, 2.45) is 4.99 Å². The van der Waals surface area contributed by atoms with Crippen molar-refractivity contribution < 1.29 is 19.4 Å². The number of H-pyrrole nitrogens is 1. The second-order valence-corrected chi connectivity index (χ2v) is 8.96. The molecule has 9 heteroatoms. The molecule has 1 amide bonds. The molecule has 186 valence electrons. The number of hydrogen-bond acceptors (Lipinski definition) is 7. The number of ether oxygens (including phenoxy) is 2. The van der Waals surface area contributed by atoms with Gasteiger partial charge in [0.05, 0.1) is 40.7 Å². The Morgan fingerprint density at radius 3 is 2.54 bits per heavy atom. The minimum absolute atomic E-state index is 0.0252. The van der Waals surface area contributed by atoms with Gasteiger partial charge in [0, 0.05) is 23.7 Å². The van der Waals surface area contributed by atoms with Gasteiger partial charge in [0.15, 0.2) is 17.4 Å². The SMILES string of the molecule is CN(C)CC(=O)N(C)c1ccc(N=C(c2ccc3c(c2)OCO3)c2c(O)[nH]c3cc(C#N)ccc23)cc1. The largest absolute Gasteiger partial charge is 0.494 e. The lowest BCUT2D eigenvalue weighted by molar-refractivity contribution is -0.118. The zero-order valence-corrected chi connectivity index (χ0v) is 20.6. The van der Waals surface area contributed by atoms with E-state index in [1.807, 2.05) is 55.4 Å². The maximum Gasteiger partial charge on any atom is 0.240 e. The summed E-state index contributed by atoms with van der Waals surface area (Å²) < 4.78 is 11.0. The first-order valence-electron chi connectivity index (χ1n) is 11.6. The molecule has 1 aliphatic rings. The molecule has 2 N–H and O–H groups in total. The molecule has 0 saturated carbocycles. The van der Waals surface area contributed by atoms with Crippen molar-refractivity contribution in [3.63, 3.8) is 0 Å².